The molecule has 1 aromatic carbocycles. The molecule has 1 unspecified atom stereocenters. The number of amides is 1. The van der Waals surface area contributed by atoms with E-state index in [0.717, 1.165) is 0 Å². The maximum Gasteiger partial charge on any atom is 0.323 e. The molecule has 1 N–H and O–H groups in total. The Balaban J connectivity index is 3.15. The molecule has 0 spiro atoms. The molecular formula is C15H20FNO3. The van der Waals surface area contributed by atoms with Crippen molar-refractivity contribution in [3.8, 4) is 0 Å². The number of carbonyl (C=O) groups excluding carboxylic acids is 1. The molecule has 0 bridgehead atoms. The topological polar surface area (TPSA) is 57.6 Å². The van der Waals surface area contributed by atoms with E-state index >= 15 is 0 Å². The van der Waals surface area contributed by atoms with Gasteiger partial charge in [0.05, 0.1) is 0 Å². The maximum atomic E-state index is 13.6. The predicted molar refractivity (Wildman–Crippen MR) is 74.3 cm³/mol. The Labute approximate surface area is 118 Å². The van der Waals surface area contributed by atoms with Gasteiger partial charge in [-0.05, 0) is 50.5 Å². The van der Waals surface area contributed by atoms with Crippen LogP contribution in [-0.4, -0.2) is 34.5 Å². The van der Waals surface area contributed by atoms with Gasteiger partial charge in [-0.3, -0.25) is 9.59 Å². The summed E-state index contributed by atoms with van der Waals surface area (Å²) in [4.78, 5) is 24.6. The summed E-state index contributed by atoms with van der Waals surface area (Å²) in [5.74, 6) is -1.78. The highest BCUT2D eigenvalue weighted by Gasteiger charge is 2.23. The van der Waals surface area contributed by atoms with E-state index in [0.29, 0.717) is 23.1 Å². The molecule has 1 aromatic rings. The molecule has 0 saturated heterocycles. The van der Waals surface area contributed by atoms with Gasteiger partial charge in [0, 0.05) is 11.6 Å². The van der Waals surface area contributed by atoms with Gasteiger partial charge >= 0.3 is 5.97 Å². The van der Waals surface area contributed by atoms with Crippen LogP contribution in [0.15, 0.2) is 12.1 Å². The SMILES string of the molecule is CCC(C)N(CC(=O)O)C(=O)c1cc(C)c(F)c(C)c1. The molecule has 0 aliphatic carbocycles. The molecule has 0 aromatic heterocycles. The largest absolute Gasteiger partial charge is 0.480 e. The van der Waals surface area contributed by atoms with Gasteiger partial charge < -0.3 is 10.0 Å². The van der Waals surface area contributed by atoms with Gasteiger partial charge in [-0.25, -0.2) is 4.39 Å². The second-order valence-electron chi connectivity index (χ2n) is 5.01. The Morgan fingerprint density at radius 1 is 1.30 bits per heavy atom. The zero-order valence-electron chi connectivity index (χ0n) is 12.2. The molecule has 0 heterocycles. The van der Waals surface area contributed by atoms with E-state index in [1.807, 2.05) is 6.92 Å². The van der Waals surface area contributed by atoms with Crippen LogP contribution in [0.4, 0.5) is 4.39 Å². The van der Waals surface area contributed by atoms with Gasteiger partial charge in [0.1, 0.15) is 12.4 Å². The summed E-state index contributed by atoms with van der Waals surface area (Å²) < 4.78 is 13.6. The van der Waals surface area contributed by atoms with Crippen molar-refractivity contribution in [2.75, 3.05) is 6.54 Å². The number of rotatable bonds is 5. The minimum Gasteiger partial charge on any atom is -0.480 e. The average Bonchev–Trinajstić information content (AvgIpc) is 2.39. The third-order valence-corrected chi connectivity index (χ3v) is 3.37. The van der Waals surface area contributed by atoms with Gasteiger partial charge in [-0.1, -0.05) is 6.92 Å². The zero-order chi connectivity index (χ0) is 15.4. The van der Waals surface area contributed by atoms with Crippen LogP contribution in [0, 0.1) is 19.7 Å². The number of aliphatic carboxylic acids is 1. The molecule has 5 heteroatoms. The van der Waals surface area contributed by atoms with Crippen molar-refractivity contribution >= 4 is 11.9 Å². The first kappa shape index (κ1) is 16.1. The van der Waals surface area contributed by atoms with Crippen LogP contribution in [0.1, 0.15) is 41.8 Å². The van der Waals surface area contributed by atoms with Crippen LogP contribution in [0.3, 0.4) is 0 Å². The average molecular weight is 281 g/mol. The summed E-state index contributed by atoms with van der Waals surface area (Å²) in [6, 6.07) is 2.73. The van der Waals surface area contributed by atoms with Gasteiger partial charge in [0.2, 0.25) is 0 Å². The van der Waals surface area contributed by atoms with E-state index in [4.69, 9.17) is 5.11 Å². The van der Waals surface area contributed by atoms with Crippen LogP contribution < -0.4 is 0 Å². The van der Waals surface area contributed by atoms with E-state index in [1.54, 1.807) is 20.8 Å². The van der Waals surface area contributed by atoms with Crippen molar-refractivity contribution in [1.29, 1.82) is 0 Å². The van der Waals surface area contributed by atoms with E-state index in [-0.39, 0.29) is 24.3 Å². The van der Waals surface area contributed by atoms with E-state index < -0.39 is 5.97 Å². The summed E-state index contributed by atoms with van der Waals surface area (Å²) >= 11 is 0. The van der Waals surface area contributed by atoms with Gasteiger partial charge in [-0.15, -0.1) is 0 Å². The Morgan fingerprint density at radius 3 is 2.20 bits per heavy atom. The van der Waals surface area contributed by atoms with Crippen molar-refractivity contribution in [3.05, 3.63) is 34.6 Å². The molecule has 1 amide bonds. The highest BCUT2D eigenvalue weighted by atomic mass is 19.1. The van der Waals surface area contributed by atoms with Crippen LogP contribution in [0.25, 0.3) is 0 Å². The number of carbonyl (C=O) groups is 2. The molecule has 1 rings (SSSR count). The summed E-state index contributed by atoms with van der Waals surface area (Å²) in [6.07, 6.45) is 0.651. The van der Waals surface area contributed by atoms with Gasteiger partial charge in [0.15, 0.2) is 0 Å². The van der Waals surface area contributed by atoms with E-state index in [2.05, 4.69) is 0 Å². The van der Waals surface area contributed by atoms with Crippen molar-refractivity contribution in [1.82, 2.24) is 4.90 Å². The fourth-order valence-corrected chi connectivity index (χ4v) is 2.03. The summed E-state index contributed by atoms with van der Waals surface area (Å²) in [5.41, 5.74) is 1.09. The fourth-order valence-electron chi connectivity index (χ4n) is 2.03. The van der Waals surface area contributed by atoms with Crippen LogP contribution in [0.2, 0.25) is 0 Å². The number of benzene rings is 1. The smallest absolute Gasteiger partial charge is 0.323 e. The highest BCUT2D eigenvalue weighted by molar-refractivity contribution is 5.96. The highest BCUT2D eigenvalue weighted by Crippen LogP contribution is 2.18. The molecular weight excluding hydrogens is 261 g/mol. The number of carboxylic acid groups (broad SMARTS) is 1. The van der Waals surface area contributed by atoms with Crippen LogP contribution in [-0.2, 0) is 4.79 Å². The van der Waals surface area contributed by atoms with Gasteiger partial charge in [-0.2, -0.15) is 0 Å². The van der Waals surface area contributed by atoms with Crippen molar-refractivity contribution in [2.24, 2.45) is 0 Å². The third-order valence-electron chi connectivity index (χ3n) is 3.37. The summed E-state index contributed by atoms with van der Waals surface area (Å²) in [5, 5.41) is 8.92. The van der Waals surface area contributed by atoms with Gasteiger partial charge in [0.25, 0.3) is 5.91 Å². The second-order valence-corrected chi connectivity index (χ2v) is 5.01. The lowest BCUT2D eigenvalue weighted by molar-refractivity contribution is -0.138. The quantitative estimate of drug-likeness (QED) is 0.903. The van der Waals surface area contributed by atoms with Crippen LogP contribution >= 0.6 is 0 Å². The number of aryl methyl sites for hydroxylation is 2. The number of hydrogen-bond acceptors (Lipinski definition) is 2. The minimum atomic E-state index is -1.06. The normalized spacial score (nSPS) is 12.1. The number of hydrogen-bond donors (Lipinski definition) is 1. The lowest BCUT2D eigenvalue weighted by Gasteiger charge is -2.27. The predicted octanol–water partition coefficient (Wildman–Crippen LogP) is 2.77. The number of nitrogens with zero attached hydrogens (tertiary/aromatic N) is 1. The lowest BCUT2D eigenvalue weighted by Crippen LogP contribution is -2.41. The monoisotopic (exact) mass is 281 g/mol. The summed E-state index contributed by atoms with van der Waals surface area (Å²) in [7, 11) is 0. The fraction of sp³-hybridized carbons (Fsp3) is 0.467. The Bertz CT molecular complexity index is 505. The van der Waals surface area contributed by atoms with Crippen molar-refractivity contribution < 1.29 is 19.1 Å². The van der Waals surface area contributed by atoms with Crippen molar-refractivity contribution in [2.45, 2.75) is 40.2 Å². The first-order valence-electron chi connectivity index (χ1n) is 6.57. The molecule has 0 fully saturated rings. The molecule has 4 nitrogen and oxygen atoms in total. The van der Waals surface area contributed by atoms with Crippen molar-refractivity contribution in [3.63, 3.8) is 0 Å². The lowest BCUT2D eigenvalue weighted by atomic mass is 10.0. The zero-order valence-corrected chi connectivity index (χ0v) is 12.2. The second kappa shape index (κ2) is 6.50. The molecule has 0 aliphatic rings. The third kappa shape index (κ3) is 3.56. The minimum absolute atomic E-state index is 0.190. The van der Waals surface area contributed by atoms with E-state index in [1.165, 1.54) is 17.0 Å². The Kier molecular flexibility index (Phi) is 5.25. The van der Waals surface area contributed by atoms with E-state index in [9.17, 15) is 14.0 Å². The molecule has 20 heavy (non-hydrogen) atoms. The Morgan fingerprint density at radius 2 is 1.80 bits per heavy atom. The molecule has 0 aliphatic heterocycles. The molecule has 110 valence electrons. The molecule has 1 atom stereocenters. The number of carboxylic acids is 1. The first-order valence-corrected chi connectivity index (χ1v) is 6.57. The van der Waals surface area contributed by atoms with Crippen LogP contribution in [0.5, 0.6) is 0 Å². The number of halogens is 1. The summed E-state index contributed by atoms with van der Waals surface area (Å²) in [6.45, 7) is 6.50. The standard InChI is InChI=1S/C15H20FNO3/c1-5-11(4)17(8-13(18)19)15(20)12-6-9(2)14(16)10(3)7-12/h6-7,11H,5,8H2,1-4H3,(H,18,19). The first-order chi connectivity index (χ1) is 9.27. The Hall–Kier alpha value is -1.91. The molecule has 0 radical (unpaired) electrons. The maximum absolute atomic E-state index is 13.6. The molecule has 0 saturated carbocycles.